The highest BCUT2D eigenvalue weighted by Gasteiger charge is 2.27. The van der Waals surface area contributed by atoms with E-state index in [9.17, 15) is 4.79 Å². The maximum Gasteiger partial charge on any atom is 0.239 e. The fourth-order valence-electron chi connectivity index (χ4n) is 1.73. The minimum Gasteiger partial charge on any atom is -0.304 e. The fraction of sp³-hybridized carbons (Fsp3) is 0.385. The van der Waals surface area contributed by atoms with Gasteiger partial charge in [0.2, 0.25) is 5.91 Å². The van der Waals surface area contributed by atoms with Gasteiger partial charge in [-0.15, -0.1) is 0 Å². The van der Waals surface area contributed by atoms with Gasteiger partial charge in [-0.2, -0.15) is 0 Å². The first-order valence-electron chi connectivity index (χ1n) is 5.96. The normalized spacial score (nSPS) is 21.3. The number of nitrogens with one attached hydrogen (secondary N) is 1. The lowest BCUT2D eigenvalue weighted by Crippen LogP contribution is -2.24. The van der Waals surface area contributed by atoms with Crippen LogP contribution in [-0.2, 0) is 11.2 Å². The van der Waals surface area contributed by atoms with Gasteiger partial charge in [-0.1, -0.05) is 48.5 Å². The molecule has 0 spiro atoms. The van der Waals surface area contributed by atoms with Gasteiger partial charge < -0.3 is 5.32 Å². The smallest absolute Gasteiger partial charge is 0.239 e. The number of hydrogen-bond acceptors (Lipinski definition) is 3. The third-order valence-corrected chi connectivity index (χ3v) is 4.40. The molecule has 0 aliphatic carbocycles. The first-order chi connectivity index (χ1) is 8.70. The largest absolute Gasteiger partial charge is 0.304 e. The fourth-order valence-corrected chi connectivity index (χ4v) is 2.89. The van der Waals surface area contributed by atoms with Crippen LogP contribution in [0.4, 0.5) is 0 Å². The van der Waals surface area contributed by atoms with Gasteiger partial charge >= 0.3 is 0 Å². The van der Waals surface area contributed by atoms with E-state index in [2.05, 4.69) is 10.3 Å². The van der Waals surface area contributed by atoms with E-state index in [1.165, 1.54) is 11.8 Å². The van der Waals surface area contributed by atoms with Gasteiger partial charge in [0.25, 0.3) is 0 Å². The number of amidine groups is 1. The summed E-state index contributed by atoms with van der Waals surface area (Å²) < 4.78 is 0. The lowest BCUT2D eigenvalue weighted by atomic mass is 10.1. The van der Waals surface area contributed by atoms with Crippen molar-refractivity contribution in [2.24, 2.45) is 4.99 Å². The summed E-state index contributed by atoms with van der Waals surface area (Å²) >= 11 is 7.58. The van der Waals surface area contributed by atoms with Crippen LogP contribution in [0.2, 0.25) is 5.02 Å². The van der Waals surface area contributed by atoms with Gasteiger partial charge in [-0.3, -0.25) is 9.79 Å². The van der Waals surface area contributed by atoms with Gasteiger partial charge in [0, 0.05) is 11.6 Å². The Morgan fingerprint density at radius 3 is 2.89 bits per heavy atom. The Kier molecular flexibility index (Phi) is 4.66. The van der Waals surface area contributed by atoms with E-state index in [1.807, 2.05) is 31.2 Å². The van der Waals surface area contributed by atoms with Gasteiger partial charge in [-0.05, 0) is 24.5 Å². The second-order valence-electron chi connectivity index (χ2n) is 4.03. The molecule has 1 aromatic carbocycles. The number of rotatable bonds is 4. The molecule has 1 aromatic rings. The predicted octanol–water partition coefficient (Wildman–Crippen LogP) is 2.88. The number of carbonyl (C=O) groups is 1. The summed E-state index contributed by atoms with van der Waals surface area (Å²) in [6.45, 7) is 2.65. The third-order valence-electron chi connectivity index (χ3n) is 2.74. The molecule has 0 radical (unpaired) electrons. The number of thioether (sulfide) groups is 1. The molecule has 18 heavy (non-hydrogen) atoms. The number of halogens is 1. The lowest BCUT2D eigenvalue weighted by molar-refractivity contribution is -0.118. The van der Waals surface area contributed by atoms with Crippen molar-refractivity contribution in [3.63, 3.8) is 0 Å². The molecule has 1 amide bonds. The molecule has 1 saturated heterocycles. The summed E-state index contributed by atoms with van der Waals surface area (Å²) in [5.74, 6) is 0.0685. The van der Waals surface area contributed by atoms with Gasteiger partial charge in [0.15, 0.2) is 5.17 Å². The maximum absolute atomic E-state index is 11.5. The Morgan fingerprint density at radius 1 is 1.44 bits per heavy atom. The molecule has 1 fully saturated rings. The van der Waals surface area contributed by atoms with E-state index in [1.54, 1.807) is 0 Å². The van der Waals surface area contributed by atoms with E-state index in [4.69, 9.17) is 11.6 Å². The Morgan fingerprint density at radius 2 is 2.22 bits per heavy atom. The van der Waals surface area contributed by atoms with E-state index in [0.29, 0.717) is 6.54 Å². The number of amides is 1. The Balaban J connectivity index is 1.89. The molecular formula is C13H15ClN2OS. The summed E-state index contributed by atoms with van der Waals surface area (Å²) in [4.78, 5) is 15.9. The Hall–Kier alpha value is -1.00. The molecule has 2 rings (SSSR count). The van der Waals surface area contributed by atoms with E-state index >= 15 is 0 Å². The molecule has 1 aliphatic rings. The van der Waals surface area contributed by atoms with Crippen LogP contribution in [0, 0.1) is 0 Å². The van der Waals surface area contributed by atoms with Crippen molar-refractivity contribution in [1.82, 2.24) is 5.32 Å². The standard InChI is InChI=1S/C13H15ClN2OS/c1-2-11-12(17)16-13(18-11)15-8-7-9-5-3-4-6-10(9)14/h3-6,11H,2,7-8H2,1H3,(H,15,16,17). The SMILES string of the molecule is CCC1SC(=NCCc2ccccc2Cl)NC1=O. The summed E-state index contributed by atoms with van der Waals surface area (Å²) in [7, 11) is 0. The molecule has 0 aromatic heterocycles. The summed E-state index contributed by atoms with van der Waals surface area (Å²) in [5.41, 5.74) is 1.09. The zero-order valence-electron chi connectivity index (χ0n) is 10.1. The first kappa shape index (κ1) is 13.4. The molecule has 1 atom stereocenters. The Labute approximate surface area is 116 Å². The van der Waals surface area contributed by atoms with Crippen LogP contribution in [0.1, 0.15) is 18.9 Å². The summed E-state index contributed by atoms with van der Waals surface area (Å²) in [6.07, 6.45) is 1.62. The zero-order chi connectivity index (χ0) is 13.0. The quantitative estimate of drug-likeness (QED) is 0.923. The second kappa shape index (κ2) is 6.25. The number of aliphatic imine (C=N–C) groups is 1. The van der Waals surface area contributed by atoms with E-state index < -0.39 is 0 Å². The molecule has 3 nitrogen and oxygen atoms in total. The van der Waals surface area contributed by atoms with Crippen LogP contribution < -0.4 is 5.32 Å². The zero-order valence-corrected chi connectivity index (χ0v) is 11.7. The van der Waals surface area contributed by atoms with Gasteiger partial charge in [0.05, 0.1) is 5.25 Å². The molecular weight excluding hydrogens is 268 g/mol. The molecule has 1 N–H and O–H groups in total. The summed E-state index contributed by atoms with van der Waals surface area (Å²) in [5, 5.41) is 4.32. The van der Waals surface area contributed by atoms with E-state index in [-0.39, 0.29) is 11.2 Å². The monoisotopic (exact) mass is 282 g/mol. The van der Waals surface area contributed by atoms with Crippen molar-refractivity contribution in [2.75, 3.05) is 6.54 Å². The maximum atomic E-state index is 11.5. The van der Waals surface area contributed by atoms with Crippen molar-refractivity contribution in [3.8, 4) is 0 Å². The predicted molar refractivity (Wildman–Crippen MR) is 77.3 cm³/mol. The van der Waals surface area contributed by atoms with Crippen molar-refractivity contribution in [1.29, 1.82) is 0 Å². The molecule has 5 heteroatoms. The van der Waals surface area contributed by atoms with Crippen LogP contribution in [0.15, 0.2) is 29.3 Å². The minimum absolute atomic E-state index is 0.0177. The highest BCUT2D eigenvalue weighted by atomic mass is 35.5. The van der Waals surface area contributed by atoms with Crippen molar-refractivity contribution < 1.29 is 4.79 Å². The third kappa shape index (κ3) is 3.27. The molecule has 0 bridgehead atoms. The second-order valence-corrected chi connectivity index (χ2v) is 5.63. The highest BCUT2D eigenvalue weighted by Crippen LogP contribution is 2.22. The summed E-state index contributed by atoms with van der Waals surface area (Å²) in [6, 6.07) is 7.76. The van der Waals surface area contributed by atoms with Crippen molar-refractivity contribution in [2.45, 2.75) is 25.0 Å². The molecule has 96 valence electrons. The average Bonchev–Trinajstić information content (AvgIpc) is 2.72. The van der Waals surface area contributed by atoms with Crippen molar-refractivity contribution >= 4 is 34.4 Å². The molecule has 0 saturated carbocycles. The van der Waals surface area contributed by atoms with Crippen LogP contribution in [-0.4, -0.2) is 22.9 Å². The number of nitrogens with zero attached hydrogens (tertiary/aromatic N) is 1. The highest BCUT2D eigenvalue weighted by molar-refractivity contribution is 8.15. The van der Waals surface area contributed by atoms with Gasteiger partial charge in [0.1, 0.15) is 0 Å². The van der Waals surface area contributed by atoms with Crippen LogP contribution in [0.25, 0.3) is 0 Å². The molecule has 1 heterocycles. The van der Waals surface area contributed by atoms with Crippen molar-refractivity contribution in [3.05, 3.63) is 34.9 Å². The molecule has 1 aliphatic heterocycles. The Bertz CT molecular complexity index is 476. The van der Waals surface area contributed by atoms with Crippen LogP contribution in [0.5, 0.6) is 0 Å². The number of carbonyl (C=O) groups excluding carboxylic acids is 1. The number of benzene rings is 1. The number of hydrogen-bond donors (Lipinski definition) is 1. The first-order valence-corrected chi connectivity index (χ1v) is 7.22. The minimum atomic E-state index is 0.0177. The van der Waals surface area contributed by atoms with Gasteiger partial charge in [-0.25, -0.2) is 0 Å². The average molecular weight is 283 g/mol. The van der Waals surface area contributed by atoms with E-state index in [0.717, 1.165) is 28.6 Å². The lowest BCUT2D eigenvalue weighted by Gasteiger charge is -2.01. The molecule has 1 unspecified atom stereocenters. The van der Waals surface area contributed by atoms with Crippen LogP contribution >= 0.6 is 23.4 Å². The topological polar surface area (TPSA) is 41.5 Å². The van der Waals surface area contributed by atoms with Crippen LogP contribution in [0.3, 0.4) is 0 Å².